The first-order valence-corrected chi connectivity index (χ1v) is 5.51. The van der Waals surface area contributed by atoms with E-state index in [1.165, 1.54) is 12.4 Å². The topological polar surface area (TPSA) is 119 Å². The van der Waals surface area contributed by atoms with Gasteiger partial charge in [-0.05, 0) is 19.9 Å². The molecule has 0 fully saturated rings. The predicted octanol–water partition coefficient (Wildman–Crippen LogP) is 0.421. The number of hydrogen-bond acceptors (Lipinski definition) is 7. The molecule has 2 aromatic heterocycles. The van der Waals surface area contributed by atoms with Gasteiger partial charge in [0.25, 0.3) is 5.91 Å². The van der Waals surface area contributed by atoms with Crippen LogP contribution in [0.2, 0.25) is 0 Å². The number of carbonyl (C=O) groups excluding carboxylic acids is 1. The van der Waals surface area contributed by atoms with Crippen LogP contribution in [0.4, 0.5) is 11.8 Å². The number of hydrazine groups is 1. The van der Waals surface area contributed by atoms with Crippen LogP contribution in [0.25, 0.3) is 0 Å². The number of rotatable bonds is 3. The first-order chi connectivity index (χ1) is 9.08. The third-order valence-corrected chi connectivity index (χ3v) is 2.22. The molecule has 0 aliphatic heterocycles. The van der Waals surface area contributed by atoms with Gasteiger partial charge >= 0.3 is 0 Å². The highest BCUT2D eigenvalue weighted by Gasteiger charge is 2.11. The fourth-order valence-corrected chi connectivity index (χ4v) is 1.49. The SMILES string of the molecule is Cc1cc(C)nc(NC(=O)c2cncc(NN)n2)n1. The molecule has 98 valence electrons. The maximum Gasteiger partial charge on any atom is 0.278 e. The fraction of sp³-hybridized carbons (Fsp3) is 0.182. The van der Waals surface area contributed by atoms with Crippen LogP contribution in [-0.2, 0) is 0 Å². The van der Waals surface area contributed by atoms with Crippen LogP contribution in [0.15, 0.2) is 18.5 Å². The Morgan fingerprint density at radius 1 is 1.16 bits per heavy atom. The largest absolute Gasteiger partial charge is 0.307 e. The number of nitrogens with one attached hydrogen (secondary N) is 2. The van der Waals surface area contributed by atoms with Gasteiger partial charge in [-0.2, -0.15) is 0 Å². The summed E-state index contributed by atoms with van der Waals surface area (Å²) < 4.78 is 0. The summed E-state index contributed by atoms with van der Waals surface area (Å²) in [5, 5.41) is 2.56. The molecule has 2 aromatic rings. The van der Waals surface area contributed by atoms with Gasteiger partial charge in [0.2, 0.25) is 5.95 Å². The minimum atomic E-state index is -0.449. The Morgan fingerprint density at radius 2 is 1.84 bits per heavy atom. The second-order valence-corrected chi connectivity index (χ2v) is 3.86. The van der Waals surface area contributed by atoms with Gasteiger partial charge in [0.05, 0.1) is 12.4 Å². The Bertz CT molecular complexity index is 593. The van der Waals surface area contributed by atoms with Crippen molar-refractivity contribution in [1.82, 2.24) is 19.9 Å². The molecule has 0 radical (unpaired) electrons. The van der Waals surface area contributed by atoms with E-state index >= 15 is 0 Å². The van der Waals surface area contributed by atoms with Crippen LogP contribution < -0.4 is 16.6 Å². The Balaban J connectivity index is 2.20. The number of anilines is 2. The number of hydrogen-bond donors (Lipinski definition) is 3. The monoisotopic (exact) mass is 259 g/mol. The molecule has 0 saturated carbocycles. The lowest BCUT2D eigenvalue weighted by molar-refractivity contribution is 0.102. The van der Waals surface area contributed by atoms with Crippen molar-refractivity contribution >= 4 is 17.7 Å². The third kappa shape index (κ3) is 3.19. The summed E-state index contributed by atoms with van der Waals surface area (Å²) in [5.41, 5.74) is 3.98. The van der Waals surface area contributed by atoms with E-state index in [4.69, 9.17) is 5.84 Å². The van der Waals surface area contributed by atoms with Crippen LogP contribution in [0.5, 0.6) is 0 Å². The quantitative estimate of drug-likeness (QED) is 0.540. The molecule has 1 amide bonds. The lowest BCUT2D eigenvalue weighted by atomic mass is 10.3. The van der Waals surface area contributed by atoms with Crippen LogP contribution in [-0.4, -0.2) is 25.8 Å². The Labute approximate surface area is 109 Å². The average molecular weight is 259 g/mol. The molecule has 0 saturated heterocycles. The summed E-state index contributed by atoms with van der Waals surface area (Å²) in [5.74, 6) is 5.28. The molecule has 2 rings (SSSR count). The van der Waals surface area contributed by atoms with Crippen molar-refractivity contribution < 1.29 is 4.79 Å². The van der Waals surface area contributed by atoms with Crippen LogP contribution in [0.1, 0.15) is 21.9 Å². The van der Waals surface area contributed by atoms with Gasteiger partial charge in [-0.25, -0.2) is 20.8 Å². The molecule has 8 heteroatoms. The van der Waals surface area contributed by atoms with Crippen molar-refractivity contribution in [2.75, 3.05) is 10.7 Å². The van der Waals surface area contributed by atoms with E-state index in [0.717, 1.165) is 11.4 Å². The summed E-state index contributed by atoms with van der Waals surface area (Å²) in [7, 11) is 0. The molecule has 4 N–H and O–H groups in total. The lowest BCUT2D eigenvalue weighted by Crippen LogP contribution is -2.18. The second-order valence-electron chi connectivity index (χ2n) is 3.86. The average Bonchev–Trinajstić information content (AvgIpc) is 2.37. The highest BCUT2D eigenvalue weighted by Crippen LogP contribution is 2.06. The molecule has 0 unspecified atom stereocenters. The molecule has 0 bridgehead atoms. The van der Waals surface area contributed by atoms with E-state index in [9.17, 15) is 4.79 Å². The van der Waals surface area contributed by atoms with Crippen LogP contribution in [0, 0.1) is 13.8 Å². The van der Waals surface area contributed by atoms with Crippen molar-refractivity contribution in [3.8, 4) is 0 Å². The maximum absolute atomic E-state index is 11.9. The Kier molecular flexibility index (Phi) is 3.62. The van der Waals surface area contributed by atoms with Crippen molar-refractivity contribution in [2.45, 2.75) is 13.8 Å². The first kappa shape index (κ1) is 12.8. The molecule has 0 spiro atoms. The van der Waals surface area contributed by atoms with Crippen molar-refractivity contribution in [3.05, 3.63) is 35.5 Å². The normalized spacial score (nSPS) is 10.1. The van der Waals surface area contributed by atoms with Gasteiger partial charge in [0, 0.05) is 11.4 Å². The van der Waals surface area contributed by atoms with Crippen LogP contribution >= 0.6 is 0 Å². The standard InChI is InChI=1S/C11H13N7O/c1-6-3-7(2)15-11(14-6)17-10(19)8-4-13-5-9(16-8)18-12/h3-5H,12H2,1-2H3,(H,16,18)(H,14,15,17,19). The van der Waals surface area contributed by atoms with Crippen molar-refractivity contribution in [2.24, 2.45) is 5.84 Å². The fourth-order valence-electron chi connectivity index (χ4n) is 1.49. The van der Waals surface area contributed by atoms with Gasteiger partial charge in [-0.15, -0.1) is 0 Å². The number of aryl methyl sites for hydroxylation is 2. The van der Waals surface area contributed by atoms with E-state index in [1.807, 2.05) is 19.9 Å². The summed E-state index contributed by atoms with van der Waals surface area (Å²) in [4.78, 5) is 28.0. The molecule has 0 atom stereocenters. The molecular weight excluding hydrogens is 246 g/mol. The highest BCUT2D eigenvalue weighted by molar-refractivity contribution is 6.01. The number of nitrogens with zero attached hydrogens (tertiary/aromatic N) is 4. The number of carbonyl (C=O) groups is 1. The molecule has 0 aliphatic carbocycles. The van der Waals surface area contributed by atoms with Gasteiger partial charge in [-0.1, -0.05) is 0 Å². The van der Waals surface area contributed by atoms with Crippen molar-refractivity contribution in [3.63, 3.8) is 0 Å². The van der Waals surface area contributed by atoms with Crippen molar-refractivity contribution in [1.29, 1.82) is 0 Å². The molecule has 19 heavy (non-hydrogen) atoms. The highest BCUT2D eigenvalue weighted by atomic mass is 16.2. The Morgan fingerprint density at radius 3 is 2.47 bits per heavy atom. The minimum Gasteiger partial charge on any atom is -0.307 e. The summed E-state index contributed by atoms with van der Waals surface area (Å²) >= 11 is 0. The van der Waals surface area contributed by atoms with Crippen LogP contribution in [0.3, 0.4) is 0 Å². The maximum atomic E-state index is 11.9. The predicted molar refractivity (Wildman–Crippen MR) is 69.3 cm³/mol. The zero-order valence-corrected chi connectivity index (χ0v) is 10.5. The summed E-state index contributed by atoms with van der Waals surface area (Å²) in [6.45, 7) is 3.65. The van der Waals surface area contributed by atoms with E-state index in [2.05, 4.69) is 30.7 Å². The second kappa shape index (κ2) is 5.36. The number of aromatic nitrogens is 4. The molecular formula is C11H13N7O. The molecule has 0 aromatic carbocycles. The van der Waals surface area contributed by atoms with Gasteiger partial charge in [0.15, 0.2) is 5.82 Å². The third-order valence-electron chi connectivity index (χ3n) is 2.22. The van der Waals surface area contributed by atoms with Gasteiger partial charge in [0.1, 0.15) is 5.69 Å². The summed E-state index contributed by atoms with van der Waals surface area (Å²) in [6, 6.07) is 1.81. The first-order valence-electron chi connectivity index (χ1n) is 5.51. The Hall–Kier alpha value is -2.61. The number of nitrogens with two attached hydrogens (primary N) is 1. The zero-order chi connectivity index (χ0) is 13.8. The van der Waals surface area contributed by atoms with Gasteiger partial charge in [-0.3, -0.25) is 15.1 Å². The number of nitrogen functional groups attached to an aromatic ring is 1. The molecule has 0 aliphatic rings. The lowest BCUT2D eigenvalue weighted by Gasteiger charge is -2.05. The van der Waals surface area contributed by atoms with E-state index in [1.54, 1.807) is 0 Å². The van der Waals surface area contributed by atoms with E-state index < -0.39 is 5.91 Å². The molecule has 8 nitrogen and oxygen atoms in total. The number of amides is 1. The smallest absolute Gasteiger partial charge is 0.278 e. The summed E-state index contributed by atoms with van der Waals surface area (Å²) in [6.07, 6.45) is 2.74. The zero-order valence-electron chi connectivity index (χ0n) is 10.5. The van der Waals surface area contributed by atoms with Gasteiger partial charge < -0.3 is 5.43 Å². The minimum absolute atomic E-state index is 0.123. The van der Waals surface area contributed by atoms with E-state index in [0.29, 0.717) is 5.82 Å². The van der Waals surface area contributed by atoms with E-state index in [-0.39, 0.29) is 11.6 Å². The molecule has 2 heterocycles.